The Morgan fingerprint density at radius 1 is 1.04 bits per heavy atom. The maximum atomic E-state index is 13.2. The number of nitrogens with one attached hydrogen (secondary N) is 1. The van der Waals surface area contributed by atoms with E-state index in [2.05, 4.69) is 5.32 Å². The second-order valence-corrected chi connectivity index (χ2v) is 7.52. The molecule has 0 unspecified atom stereocenters. The van der Waals surface area contributed by atoms with Gasteiger partial charge in [0.1, 0.15) is 6.04 Å². The van der Waals surface area contributed by atoms with Crippen LogP contribution < -0.4 is 5.32 Å². The smallest absolute Gasteiger partial charge is 0.326 e. The van der Waals surface area contributed by atoms with Crippen molar-refractivity contribution in [3.63, 3.8) is 0 Å². The number of hydrogen-bond acceptors (Lipinski definition) is 4. The van der Waals surface area contributed by atoms with Crippen LogP contribution in [-0.4, -0.2) is 37.2 Å². The van der Waals surface area contributed by atoms with E-state index in [-0.39, 0.29) is 16.9 Å². The highest BCUT2D eigenvalue weighted by Gasteiger charge is 2.24. The number of rotatable bonds is 7. The van der Waals surface area contributed by atoms with Gasteiger partial charge in [0.15, 0.2) is 21.5 Å². The van der Waals surface area contributed by atoms with E-state index < -0.39 is 45.1 Å². The molecule has 2 rings (SSSR count). The lowest BCUT2D eigenvalue weighted by Crippen LogP contribution is -2.42. The Balaban J connectivity index is 2.08. The molecular formula is C17H15F2NO5S. The van der Waals surface area contributed by atoms with Gasteiger partial charge in [-0.2, -0.15) is 0 Å². The average molecular weight is 383 g/mol. The topological polar surface area (TPSA) is 101 Å². The Labute approximate surface area is 148 Å². The van der Waals surface area contributed by atoms with Crippen molar-refractivity contribution in [1.29, 1.82) is 0 Å². The van der Waals surface area contributed by atoms with Crippen LogP contribution in [-0.2, 0) is 14.6 Å². The number of halogens is 2. The average Bonchev–Trinajstić information content (AvgIpc) is 2.61. The highest BCUT2D eigenvalue weighted by molar-refractivity contribution is 7.91. The molecule has 26 heavy (non-hydrogen) atoms. The number of sulfone groups is 1. The first-order chi connectivity index (χ1) is 12.2. The van der Waals surface area contributed by atoms with Gasteiger partial charge in [-0.15, -0.1) is 0 Å². The molecule has 0 saturated heterocycles. The summed E-state index contributed by atoms with van der Waals surface area (Å²) in [4.78, 5) is 23.3. The number of carbonyl (C=O) groups is 2. The summed E-state index contributed by atoms with van der Waals surface area (Å²) in [5, 5.41) is 11.3. The van der Waals surface area contributed by atoms with E-state index >= 15 is 0 Å². The predicted molar refractivity (Wildman–Crippen MR) is 88.4 cm³/mol. The second-order valence-electron chi connectivity index (χ2n) is 5.41. The molecule has 1 atom stereocenters. The zero-order valence-corrected chi connectivity index (χ0v) is 14.2. The van der Waals surface area contributed by atoms with Gasteiger partial charge in [-0.25, -0.2) is 22.0 Å². The molecule has 2 aromatic rings. The highest BCUT2D eigenvalue weighted by Crippen LogP contribution is 2.13. The second kappa shape index (κ2) is 8.05. The number of carboxylic acids is 1. The van der Waals surface area contributed by atoms with Crippen LogP contribution in [0.25, 0.3) is 0 Å². The quantitative estimate of drug-likeness (QED) is 0.762. The van der Waals surface area contributed by atoms with Crippen molar-refractivity contribution >= 4 is 21.7 Å². The summed E-state index contributed by atoms with van der Waals surface area (Å²) in [6, 6.07) is 8.32. The molecule has 0 bridgehead atoms. The van der Waals surface area contributed by atoms with Gasteiger partial charge in [0.05, 0.1) is 10.6 Å². The molecule has 9 heteroatoms. The number of aliphatic carboxylic acids is 1. The van der Waals surface area contributed by atoms with E-state index in [4.69, 9.17) is 0 Å². The Bertz CT molecular complexity index is 916. The highest BCUT2D eigenvalue weighted by atomic mass is 32.2. The molecule has 0 aliphatic heterocycles. The molecule has 1 amide bonds. The largest absolute Gasteiger partial charge is 0.480 e. The Hall–Kier alpha value is -2.81. The standard InChI is InChI=1S/C17H15F2NO5S/c18-13-7-6-11(10-14(13)19)16(21)20-15(17(22)23)8-9-26(24,25)12-4-2-1-3-5-12/h1-7,10,15H,8-9H2,(H,20,21)(H,22,23)/t15-/m1/s1. The maximum absolute atomic E-state index is 13.2. The molecular weight excluding hydrogens is 368 g/mol. The van der Waals surface area contributed by atoms with E-state index in [0.29, 0.717) is 6.07 Å². The normalized spacial score (nSPS) is 12.4. The summed E-state index contributed by atoms with van der Waals surface area (Å²) in [5.41, 5.74) is -0.277. The first-order valence-corrected chi connectivity index (χ1v) is 9.12. The lowest BCUT2D eigenvalue weighted by molar-refractivity contribution is -0.139. The fraction of sp³-hybridized carbons (Fsp3) is 0.176. The van der Waals surface area contributed by atoms with Crippen LogP contribution in [0.1, 0.15) is 16.8 Å². The number of amides is 1. The number of hydrogen-bond donors (Lipinski definition) is 2. The number of carbonyl (C=O) groups excluding carboxylic acids is 1. The number of benzene rings is 2. The summed E-state index contributed by atoms with van der Waals surface area (Å²) in [5.74, 6) is -5.30. The predicted octanol–water partition coefficient (Wildman–Crippen LogP) is 2.01. The molecule has 0 radical (unpaired) electrons. The molecule has 0 aliphatic carbocycles. The lowest BCUT2D eigenvalue weighted by Gasteiger charge is -2.15. The van der Waals surface area contributed by atoms with Crippen molar-refractivity contribution in [1.82, 2.24) is 5.32 Å². The van der Waals surface area contributed by atoms with Crippen molar-refractivity contribution in [2.24, 2.45) is 0 Å². The first-order valence-electron chi connectivity index (χ1n) is 7.47. The molecule has 2 aromatic carbocycles. The van der Waals surface area contributed by atoms with Crippen LogP contribution in [0, 0.1) is 11.6 Å². The van der Waals surface area contributed by atoms with E-state index in [1.165, 1.54) is 24.3 Å². The van der Waals surface area contributed by atoms with Gasteiger partial charge in [-0.05, 0) is 36.8 Å². The Morgan fingerprint density at radius 3 is 2.27 bits per heavy atom. The molecule has 138 valence electrons. The van der Waals surface area contributed by atoms with Crippen molar-refractivity contribution in [3.05, 3.63) is 65.7 Å². The van der Waals surface area contributed by atoms with E-state index in [1.54, 1.807) is 6.07 Å². The minimum absolute atomic E-state index is 0.0380. The van der Waals surface area contributed by atoms with Crippen LogP contribution >= 0.6 is 0 Å². The lowest BCUT2D eigenvalue weighted by atomic mass is 10.1. The van der Waals surface area contributed by atoms with Gasteiger partial charge < -0.3 is 10.4 Å². The maximum Gasteiger partial charge on any atom is 0.326 e. The van der Waals surface area contributed by atoms with Gasteiger partial charge in [-0.3, -0.25) is 4.79 Å². The molecule has 0 fully saturated rings. The SMILES string of the molecule is O=C(N[C@H](CCS(=O)(=O)c1ccccc1)C(=O)O)c1ccc(F)c(F)c1. The summed E-state index contributed by atoms with van der Waals surface area (Å²) >= 11 is 0. The van der Waals surface area contributed by atoms with Crippen LogP contribution in [0.4, 0.5) is 8.78 Å². The molecule has 0 spiro atoms. The monoisotopic (exact) mass is 383 g/mol. The van der Waals surface area contributed by atoms with Crippen LogP contribution in [0.5, 0.6) is 0 Å². The third-order valence-corrected chi connectivity index (χ3v) is 5.33. The third kappa shape index (κ3) is 4.85. The first kappa shape index (κ1) is 19.5. The fourth-order valence-corrected chi connectivity index (χ4v) is 3.51. The Morgan fingerprint density at radius 2 is 1.69 bits per heavy atom. The molecule has 0 heterocycles. The third-order valence-electron chi connectivity index (χ3n) is 3.56. The Kier molecular flexibility index (Phi) is 6.04. The summed E-state index contributed by atoms with van der Waals surface area (Å²) < 4.78 is 50.5. The van der Waals surface area contributed by atoms with Gasteiger partial charge in [-0.1, -0.05) is 18.2 Å². The van der Waals surface area contributed by atoms with E-state index in [0.717, 1.165) is 12.1 Å². The minimum atomic E-state index is -3.73. The van der Waals surface area contributed by atoms with Gasteiger partial charge >= 0.3 is 5.97 Å². The van der Waals surface area contributed by atoms with E-state index in [1.807, 2.05) is 0 Å². The van der Waals surface area contributed by atoms with Crippen LogP contribution in [0.3, 0.4) is 0 Å². The van der Waals surface area contributed by atoms with Gasteiger partial charge in [0.2, 0.25) is 0 Å². The zero-order chi connectivity index (χ0) is 19.3. The van der Waals surface area contributed by atoms with Crippen molar-refractivity contribution < 1.29 is 31.9 Å². The zero-order valence-electron chi connectivity index (χ0n) is 13.4. The van der Waals surface area contributed by atoms with Crippen molar-refractivity contribution in [2.45, 2.75) is 17.4 Å². The summed E-state index contributed by atoms with van der Waals surface area (Å²) in [7, 11) is -3.73. The van der Waals surface area contributed by atoms with Crippen LogP contribution in [0.2, 0.25) is 0 Å². The molecule has 0 saturated carbocycles. The van der Waals surface area contributed by atoms with Crippen LogP contribution in [0.15, 0.2) is 53.4 Å². The van der Waals surface area contributed by atoms with Crippen molar-refractivity contribution in [3.8, 4) is 0 Å². The summed E-state index contributed by atoms with van der Waals surface area (Å²) in [6.45, 7) is 0. The number of carboxylic acid groups (broad SMARTS) is 1. The molecule has 0 aliphatic rings. The minimum Gasteiger partial charge on any atom is -0.480 e. The molecule has 2 N–H and O–H groups in total. The molecule has 0 aromatic heterocycles. The van der Waals surface area contributed by atoms with Crippen molar-refractivity contribution in [2.75, 3.05) is 5.75 Å². The molecule has 6 nitrogen and oxygen atoms in total. The fourth-order valence-electron chi connectivity index (χ4n) is 2.16. The summed E-state index contributed by atoms with van der Waals surface area (Å²) in [6.07, 6.45) is -0.387. The van der Waals surface area contributed by atoms with Gasteiger partial charge in [0.25, 0.3) is 5.91 Å². The van der Waals surface area contributed by atoms with Gasteiger partial charge in [0, 0.05) is 5.56 Å². The van der Waals surface area contributed by atoms with E-state index in [9.17, 15) is 31.9 Å².